The highest BCUT2D eigenvalue weighted by molar-refractivity contribution is 5.41. The molecule has 2 N–H and O–H groups in total. The van der Waals surface area contributed by atoms with Crippen LogP contribution in [-0.4, -0.2) is 19.9 Å². The molecule has 0 spiro atoms. The molecule has 0 radical (unpaired) electrons. The van der Waals surface area contributed by atoms with E-state index in [2.05, 4.69) is 20.3 Å². The molecule has 7 nitrogen and oxygen atoms in total. The summed E-state index contributed by atoms with van der Waals surface area (Å²) in [4.78, 5) is 21.2. The van der Waals surface area contributed by atoms with E-state index in [1.165, 1.54) is 12.3 Å². The smallest absolute Gasteiger partial charge is 0.287 e. The van der Waals surface area contributed by atoms with E-state index in [9.17, 15) is 10.1 Å². The van der Waals surface area contributed by atoms with Crippen molar-refractivity contribution in [3.05, 3.63) is 46.7 Å². The third-order valence-corrected chi connectivity index (χ3v) is 2.54. The van der Waals surface area contributed by atoms with Crippen LogP contribution in [0.25, 0.3) is 0 Å². The van der Waals surface area contributed by atoms with Gasteiger partial charge in [0.05, 0.1) is 11.0 Å². The number of nitro groups is 1. The standard InChI is InChI=1S/C11H13N5O2/c1-2-9(11-12-5-6-13-11)15-10-4-3-8(7-14-10)16(17)18/h3-7,9H,2H2,1H3,(H,12,13)(H,14,15). The first kappa shape index (κ1) is 12.0. The Morgan fingerprint density at radius 1 is 1.50 bits per heavy atom. The van der Waals surface area contributed by atoms with Crippen LogP contribution in [0.4, 0.5) is 11.5 Å². The molecule has 0 amide bonds. The summed E-state index contributed by atoms with van der Waals surface area (Å²) in [6.45, 7) is 2.02. The maximum atomic E-state index is 10.5. The maximum absolute atomic E-state index is 10.5. The fraction of sp³-hybridized carbons (Fsp3) is 0.273. The summed E-state index contributed by atoms with van der Waals surface area (Å²) in [5.74, 6) is 1.40. The SMILES string of the molecule is CCC(Nc1ccc([N+](=O)[O-])cn1)c1ncc[nH]1. The van der Waals surface area contributed by atoms with E-state index in [4.69, 9.17) is 0 Å². The number of aromatic nitrogens is 3. The monoisotopic (exact) mass is 247 g/mol. The van der Waals surface area contributed by atoms with E-state index in [-0.39, 0.29) is 11.7 Å². The zero-order chi connectivity index (χ0) is 13.0. The van der Waals surface area contributed by atoms with Gasteiger partial charge in [0.25, 0.3) is 5.69 Å². The van der Waals surface area contributed by atoms with E-state index in [1.807, 2.05) is 6.92 Å². The van der Waals surface area contributed by atoms with Gasteiger partial charge in [-0.15, -0.1) is 0 Å². The molecule has 2 rings (SSSR count). The zero-order valence-corrected chi connectivity index (χ0v) is 9.83. The topological polar surface area (TPSA) is 96.7 Å². The van der Waals surface area contributed by atoms with Crippen molar-refractivity contribution in [1.82, 2.24) is 15.0 Å². The van der Waals surface area contributed by atoms with E-state index in [0.29, 0.717) is 5.82 Å². The number of pyridine rings is 1. The van der Waals surface area contributed by atoms with Crippen molar-refractivity contribution in [3.63, 3.8) is 0 Å². The third-order valence-electron chi connectivity index (χ3n) is 2.54. The second-order valence-corrected chi connectivity index (χ2v) is 3.74. The minimum atomic E-state index is -0.472. The Morgan fingerprint density at radius 2 is 2.33 bits per heavy atom. The molecule has 0 saturated heterocycles. The summed E-state index contributed by atoms with van der Waals surface area (Å²) in [7, 11) is 0. The lowest BCUT2D eigenvalue weighted by atomic mass is 10.2. The van der Waals surface area contributed by atoms with Crippen molar-refractivity contribution >= 4 is 11.5 Å². The van der Waals surface area contributed by atoms with Gasteiger partial charge in [-0.1, -0.05) is 6.92 Å². The molecule has 1 unspecified atom stereocenters. The second kappa shape index (κ2) is 5.26. The number of nitrogens with one attached hydrogen (secondary N) is 2. The van der Waals surface area contributed by atoms with Crippen LogP contribution in [-0.2, 0) is 0 Å². The van der Waals surface area contributed by atoms with Crippen LogP contribution < -0.4 is 5.32 Å². The van der Waals surface area contributed by atoms with Crippen LogP contribution in [0.5, 0.6) is 0 Å². The van der Waals surface area contributed by atoms with Crippen LogP contribution in [0, 0.1) is 10.1 Å². The summed E-state index contributed by atoms with van der Waals surface area (Å²) >= 11 is 0. The highest BCUT2D eigenvalue weighted by atomic mass is 16.6. The number of nitrogens with zero attached hydrogens (tertiary/aromatic N) is 3. The number of aromatic amines is 1. The molecule has 0 bridgehead atoms. The summed E-state index contributed by atoms with van der Waals surface area (Å²) in [6.07, 6.45) is 5.50. The summed E-state index contributed by atoms with van der Waals surface area (Å²) in [5, 5.41) is 13.7. The molecule has 0 aliphatic heterocycles. The minimum absolute atomic E-state index is 0.00829. The Hall–Kier alpha value is -2.44. The van der Waals surface area contributed by atoms with Gasteiger partial charge in [0.15, 0.2) is 0 Å². The first-order chi connectivity index (χ1) is 8.70. The number of imidazole rings is 1. The van der Waals surface area contributed by atoms with Crippen molar-refractivity contribution in [2.75, 3.05) is 5.32 Å². The van der Waals surface area contributed by atoms with Crippen LogP contribution in [0.1, 0.15) is 25.2 Å². The number of H-pyrrole nitrogens is 1. The second-order valence-electron chi connectivity index (χ2n) is 3.74. The lowest BCUT2D eigenvalue weighted by Gasteiger charge is -2.14. The molecular weight excluding hydrogens is 234 g/mol. The van der Waals surface area contributed by atoms with Gasteiger partial charge in [-0.25, -0.2) is 9.97 Å². The maximum Gasteiger partial charge on any atom is 0.287 e. The fourth-order valence-corrected chi connectivity index (χ4v) is 1.59. The molecule has 2 aromatic rings. The molecule has 0 aliphatic rings. The average Bonchev–Trinajstić information content (AvgIpc) is 2.90. The van der Waals surface area contributed by atoms with Gasteiger partial charge in [-0.3, -0.25) is 10.1 Å². The van der Waals surface area contributed by atoms with Crippen LogP contribution in [0.15, 0.2) is 30.7 Å². The Kier molecular flexibility index (Phi) is 3.52. The van der Waals surface area contributed by atoms with Gasteiger partial charge in [0.2, 0.25) is 0 Å². The predicted octanol–water partition coefficient (Wildman–Crippen LogP) is 2.28. The van der Waals surface area contributed by atoms with Crippen LogP contribution in [0.2, 0.25) is 0 Å². The largest absolute Gasteiger partial charge is 0.360 e. The van der Waals surface area contributed by atoms with E-state index < -0.39 is 4.92 Å². The molecule has 2 heterocycles. The molecular formula is C11H13N5O2. The zero-order valence-electron chi connectivity index (χ0n) is 9.83. The number of rotatable bonds is 5. The van der Waals surface area contributed by atoms with Crippen molar-refractivity contribution < 1.29 is 4.92 Å². The molecule has 18 heavy (non-hydrogen) atoms. The van der Waals surface area contributed by atoms with Crippen molar-refractivity contribution in [3.8, 4) is 0 Å². The number of hydrogen-bond acceptors (Lipinski definition) is 5. The van der Waals surface area contributed by atoms with Gasteiger partial charge >= 0.3 is 0 Å². The normalized spacial score (nSPS) is 12.1. The van der Waals surface area contributed by atoms with Gasteiger partial charge in [0.1, 0.15) is 17.8 Å². The van der Waals surface area contributed by atoms with Gasteiger partial charge in [-0.05, 0) is 12.5 Å². The average molecular weight is 247 g/mol. The molecule has 2 aromatic heterocycles. The summed E-state index contributed by atoms with van der Waals surface area (Å²) in [5.41, 5.74) is -0.0217. The van der Waals surface area contributed by atoms with Crippen molar-refractivity contribution in [1.29, 1.82) is 0 Å². The van der Waals surface area contributed by atoms with E-state index in [0.717, 1.165) is 12.2 Å². The lowest BCUT2D eigenvalue weighted by Crippen LogP contribution is -2.12. The molecule has 0 aliphatic carbocycles. The third kappa shape index (κ3) is 2.62. The Bertz CT molecular complexity index is 509. The fourth-order valence-electron chi connectivity index (χ4n) is 1.59. The number of hydrogen-bond donors (Lipinski definition) is 2. The Balaban J connectivity index is 2.10. The quantitative estimate of drug-likeness (QED) is 0.624. The molecule has 0 saturated carbocycles. The molecule has 94 valence electrons. The molecule has 0 fully saturated rings. The molecule has 1 atom stereocenters. The summed E-state index contributed by atoms with van der Waals surface area (Å²) < 4.78 is 0. The predicted molar refractivity (Wildman–Crippen MR) is 66.1 cm³/mol. The van der Waals surface area contributed by atoms with E-state index >= 15 is 0 Å². The minimum Gasteiger partial charge on any atom is -0.360 e. The Morgan fingerprint density at radius 3 is 2.83 bits per heavy atom. The van der Waals surface area contributed by atoms with Crippen molar-refractivity contribution in [2.45, 2.75) is 19.4 Å². The summed E-state index contributed by atoms with van der Waals surface area (Å²) in [6, 6.07) is 3.02. The van der Waals surface area contributed by atoms with Crippen molar-refractivity contribution in [2.24, 2.45) is 0 Å². The van der Waals surface area contributed by atoms with Gasteiger partial charge in [-0.2, -0.15) is 0 Å². The number of anilines is 1. The van der Waals surface area contributed by atoms with Crippen LogP contribution in [0.3, 0.4) is 0 Å². The van der Waals surface area contributed by atoms with Crippen LogP contribution >= 0.6 is 0 Å². The van der Waals surface area contributed by atoms with E-state index in [1.54, 1.807) is 18.5 Å². The first-order valence-electron chi connectivity index (χ1n) is 5.57. The molecule has 0 aromatic carbocycles. The Labute approximate surface area is 103 Å². The molecule has 7 heteroatoms. The first-order valence-corrected chi connectivity index (χ1v) is 5.57. The highest BCUT2D eigenvalue weighted by Crippen LogP contribution is 2.19. The highest BCUT2D eigenvalue weighted by Gasteiger charge is 2.12. The van der Waals surface area contributed by atoms with Gasteiger partial charge < -0.3 is 10.3 Å². The lowest BCUT2D eigenvalue weighted by molar-refractivity contribution is -0.385. The van der Waals surface area contributed by atoms with Gasteiger partial charge in [0, 0.05) is 18.5 Å².